The number of halogens is 5. The number of hydrogen-bond acceptors (Lipinski definition) is 11. The molecular formula is C31H35F5N8O3. The summed E-state index contributed by atoms with van der Waals surface area (Å²) in [5.74, 6) is -3.74. The van der Waals surface area contributed by atoms with E-state index in [4.69, 9.17) is 19.9 Å². The first-order valence-corrected chi connectivity index (χ1v) is 16.0. The average molecular weight is 663 g/mol. The number of hydrogen-bond donors (Lipinski definition) is 3. The number of aromatic nitrogens is 4. The zero-order valence-corrected chi connectivity index (χ0v) is 25.9. The second-order valence-electron chi connectivity index (χ2n) is 13.7. The van der Waals surface area contributed by atoms with Gasteiger partial charge in [0.1, 0.15) is 22.4 Å². The van der Waals surface area contributed by atoms with Crippen LogP contribution in [-0.4, -0.2) is 88.0 Å². The molecule has 0 radical (unpaired) electrons. The lowest BCUT2D eigenvalue weighted by Gasteiger charge is -2.38. The molecule has 8 heterocycles. The summed E-state index contributed by atoms with van der Waals surface area (Å²) in [4.78, 5) is 19.1. The van der Waals surface area contributed by atoms with Crippen molar-refractivity contribution < 1.29 is 36.2 Å². The summed E-state index contributed by atoms with van der Waals surface area (Å²) < 4.78 is 93.3. The number of rotatable bonds is 6. The first-order chi connectivity index (χ1) is 22.4. The third-order valence-corrected chi connectivity index (χ3v) is 10.1. The quantitative estimate of drug-likeness (QED) is 0.328. The van der Waals surface area contributed by atoms with Crippen LogP contribution in [0, 0.1) is 24.0 Å². The SMILES string of the molecule is Cc1nc(N)c(F)c(-c2nc3c4c(nc(OCC5(CN6C[C@@H]7C[C@H]6CO7)CC5)nc4c2F)NCC2CC(C[C@H](C)O3)N2)c1C(F)(F)F. The van der Waals surface area contributed by atoms with Gasteiger partial charge in [-0.25, -0.2) is 18.7 Å². The highest BCUT2D eigenvalue weighted by Gasteiger charge is 2.49. The van der Waals surface area contributed by atoms with Crippen molar-refractivity contribution in [1.29, 1.82) is 0 Å². The number of nitrogen functional groups attached to an aromatic ring is 1. The number of anilines is 2. The lowest BCUT2D eigenvalue weighted by molar-refractivity contribution is -0.138. The van der Waals surface area contributed by atoms with Gasteiger partial charge in [-0.3, -0.25) is 4.90 Å². The smallest absolute Gasteiger partial charge is 0.418 e. The fourth-order valence-corrected chi connectivity index (χ4v) is 7.50. The van der Waals surface area contributed by atoms with Gasteiger partial charge < -0.3 is 30.6 Å². The van der Waals surface area contributed by atoms with E-state index in [1.807, 2.05) is 0 Å². The van der Waals surface area contributed by atoms with Crippen molar-refractivity contribution in [1.82, 2.24) is 30.2 Å². The Kier molecular flexibility index (Phi) is 7.15. The molecule has 3 aromatic heterocycles. The Balaban J connectivity index is 1.24. The average Bonchev–Trinajstić information content (AvgIpc) is 3.43. The summed E-state index contributed by atoms with van der Waals surface area (Å²) in [6.45, 7) is 5.92. The number of aryl methyl sites for hydroxylation is 1. The lowest BCUT2D eigenvalue weighted by Crippen LogP contribution is -2.56. The first-order valence-electron chi connectivity index (χ1n) is 16.0. The maximum atomic E-state index is 16.7. The van der Waals surface area contributed by atoms with E-state index in [9.17, 15) is 13.2 Å². The van der Waals surface area contributed by atoms with E-state index in [0.717, 1.165) is 52.3 Å². The van der Waals surface area contributed by atoms with Crippen molar-refractivity contribution in [3.63, 3.8) is 0 Å². The van der Waals surface area contributed by atoms with Crippen LogP contribution >= 0.6 is 0 Å². The molecule has 6 aliphatic rings. The van der Waals surface area contributed by atoms with Crippen molar-refractivity contribution in [2.45, 2.75) is 82.5 Å². The van der Waals surface area contributed by atoms with Gasteiger partial charge in [-0.15, -0.1) is 0 Å². The van der Waals surface area contributed by atoms with Gasteiger partial charge in [0.2, 0.25) is 5.88 Å². The van der Waals surface area contributed by atoms with Crippen LogP contribution < -0.4 is 25.8 Å². The second-order valence-corrected chi connectivity index (χ2v) is 13.7. The largest absolute Gasteiger partial charge is 0.474 e. The van der Waals surface area contributed by atoms with E-state index >= 15 is 8.78 Å². The highest BCUT2D eigenvalue weighted by molar-refractivity contribution is 5.96. The molecule has 3 aromatic rings. The van der Waals surface area contributed by atoms with Gasteiger partial charge >= 0.3 is 12.2 Å². The molecule has 3 saturated heterocycles. The summed E-state index contributed by atoms with van der Waals surface area (Å²) in [6, 6.07) is 0.480. The summed E-state index contributed by atoms with van der Waals surface area (Å²) in [7, 11) is 0. The van der Waals surface area contributed by atoms with Crippen LogP contribution in [0.4, 0.5) is 33.6 Å². The van der Waals surface area contributed by atoms with Gasteiger partial charge in [0.05, 0.1) is 42.2 Å². The standard InChI is InChI=1S/C31H35F5N8O3/c1-13-5-15-6-16(40-15)8-38-27-20-25(42-29(43-27)46-12-30(3-4-30)11-44-9-18-7-17(44)10-45-18)23(33)24(41-28(20)47-13)19-21(31(34,35)36)14(2)39-26(37)22(19)32/h13,15-18,40H,3-12H2,1-2H3,(H2,37,39)(H,38,42,43)/t13-,15?,16?,17-,18-/m0/s1. The minimum Gasteiger partial charge on any atom is -0.474 e. The van der Waals surface area contributed by atoms with Crippen molar-refractivity contribution >= 4 is 22.5 Å². The van der Waals surface area contributed by atoms with E-state index in [1.54, 1.807) is 6.92 Å². The molecule has 4 N–H and O–H groups in total. The maximum Gasteiger partial charge on any atom is 0.418 e. The van der Waals surface area contributed by atoms with Crippen LogP contribution in [0.25, 0.3) is 22.2 Å². The summed E-state index contributed by atoms with van der Waals surface area (Å²) in [5.41, 5.74) is 0.908. The van der Waals surface area contributed by atoms with E-state index < -0.39 is 57.8 Å². The normalized spacial score (nSPS) is 27.9. The molecule has 9 rings (SSSR count). The Morgan fingerprint density at radius 3 is 2.53 bits per heavy atom. The second kappa shape index (κ2) is 11.0. The number of ether oxygens (including phenoxy) is 3. The van der Waals surface area contributed by atoms with Gasteiger partial charge in [0.15, 0.2) is 17.5 Å². The molecule has 5 aliphatic heterocycles. The first kappa shape index (κ1) is 30.7. The van der Waals surface area contributed by atoms with E-state index in [0.29, 0.717) is 19.0 Å². The Bertz CT molecular complexity index is 1750. The molecule has 47 heavy (non-hydrogen) atoms. The molecule has 0 spiro atoms. The van der Waals surface area contributed by atoms with Gasteiger partial charge in [-0.2, -0.15) is 23.1 Å². The monoisotopic (exact) mass is 662 g/mol. The van der Waals surface area contributed by atoms with Crippen molar-refractivity contribution in [3.8, 4) is 23.1 Å². The predicted molar refractivity (Wildman–Crippen MR) is 160 cm³/mol. The molecule has 252 valence electrons. The van der Waals surface area contributed by atoms with Crippen LogP contribution in [0.5, 0.6) is 11.9 Å². The van der Waals surface area contributed by atoms with Crippen LogP contribution in [0.1, 0.15) is 50.3 Å². The minimum atomic E-state index is -5.10. The number of pyridine rings is 2. The zero-order chi connectivity index (χ0) is 32.8. The molecule has 5 atom stereocenters. The molecule has 11 nitrogen and oxygen atoms in total. The Hall–Kier alpha value is -3.63. The van der Waals surface area contributed by atoms with Gasteiger partial charge in [0.25, 0.3) is 0 Å². The van der Waals surface area contributed by atoms with Crippen molar-refractivity contribution in [2.75, 3.05) is 43.9 Å². The number of fused-ring (bicyclic) bond motifs is 5. The van der Waals surface area contributed by atoms with Crippen LogP contribution in [-0.2, 0) is 10.9 Å². The van der Waals surface area contributed by atoms with Crippen LogP contribution in [0.2, 0.25) is 0 Å². The molecule has 4 fully saturated rings. The summed E-state index contributed by atoms with van der Waals surface area (Å²) >= 11 is 0. The van der Waals surface area contributed by atoms with E-state index in [-0.39, 0.29) is 53.3 Å². The fraction of sp³-hybridized carbons (Fsp3) is 0.613. The molecular weight excluding hydrogens is 627 g/mol. The molecule has 1 aliphatic carbocycles. The van der Waals surface area contributed by atoms with Crippen LogP contribution in [0.15, 0.2) is 0 Å². The van der Waals surface area contributed by atoms with Crippen molar-refractivity contribution in [3.05, 3.63) is 22.9 Å². The van der Waals surface area contributed by atoms with Gasteiger partial charge in [0, 0.05) is 43.2 Å². The number of alkyl halides is 3. The Morgan fingerprint density at radius 1 is 1.06 bits per heavy atom. The summed E-state index contributed by atoms with van der Waals surface area (Å²) in [5, 5.41) is 6.69. The number of likely N-dealkylation sites (tertiary alicyclic amines) is 1. The highest BCUT2D eigenvalue weighted by Crippen LogP contribution is 2.49. The lowest BCUT2D eigenvalue weighted by atomic mass is 9.92. The highest BCUT2D eigenvalue weighted by atomic mass is 19.4. The molecule has 2 unspecified atom stereocenters. The number of nitrogens with zero attached hydrogens (tertiary/aromatic N) is 5. The Morgan fingerprint density at radius 2 is 1.85 bits per heavy atom. The molecule has 0 amide bonds. The molecule has 1 saturated carbocycles. The zero-order valence-electron chi connectivity index (χ0n) is 25.9. The van der Waals surface area contributed by atoms with Gasteiger partial charge in [-0.05, 0) is 46.0 Å². The molecule has 0 aromatic carbocycles. The van der Waals surface area contributed by atoms with E-state index in [1.165, 1.54) is 0 Å². The topological polar surface area (TPSA) is 133 Å². The third kappa shape index (κ3) is 5.47. The van der Waals surface area contributed by atoms with Gasteiger partial charge in [-0.1, -0.05) is 0 Å². The number of nitrogens with two attached hydrogens (primary N) is 1. The number of morpholine rings is 1. The molecule has 4 bridgehead atoms. The maximum absolute atomic E-state index is 16.7. The Labute approximate surface area is 266 Å². The number of nitrogens with one attached hydrogen (secondary N) is 2. The summed E-state index contributed by atoms with van der Waals surface area (Å²) in [6.07, 6.45) is -1.02. The van der Waals surface area contributed by atoms with E-state index in [2.05, 4.69) is 35.5 Å². The van der Waals surface area contributed by atoms with Crippen molar-refractivity contribution in [2.24, 2.45) is 5.41 Å². The third-order valence-electron chi connectivity index (χ3n) is 10.1. The predicted octanol–water partition coefficient (Wildman–Crippen LogP) is 4.22. The fourth-order valence-electron chi connectivity index (χ4n) is 7.50. The minimum absolute atomic E-state index is 0.0199. The molecule has 16 heteroatoms. The van der Waals surface area contributed by atoms with Crippen LogP contribution in [0.3, 0.4) is 0 Å².